The predicted octanol–water partition coefficient (Wildman–Crippen LogP) is 2.66. The highest BCUT2D eigenvalue weighted by Gasteiger charge is 2.04. The normalized spacial score (nSPS) is 10.5. The summed E-state index contributed by atoms with van der Waals surface area (Å²) in [6.07, 6.45) is 3.19. The van der Waals surface area contributed by atoms with Crippen LogP contribution < -0.4 is 16.2 Å². The smallest absolute Gasteiger partial charge is 0.264 e. The molecule has 120 valence electrons. The third kappa shape index (κ3) is 4.37. The van der Waals surface area contributed by atoms with Gasteiger partial charge in [-0.05, 0) is 29.9 Å². The van der Waals surface area contributed by atoms with Gasteiger partial charge in [-0.15, -0.1) is 10.2 Å². The van der Waals surface area contributed by atoms with Crippen molar-refractivity contribution in [3.63, 3.8) is 0 Å². The lowest BCUT2D eigenvalue weighted by atomic mass is 10.2. The maximum Gasteiger partial charge on any atom is 0.264 e. The molecule has 3 N–H and O–H groups in total. The minimum atomic E-state index is 0.413. The van der Waals surface area contributed by atoms with Crippen LogP contribution in [0.15, 0.2) is 72.1 Å². The van der Waals surface area contributed by atoms with E-state index in [1.54, 1.807) is 10.9 Å². The molecule has 7 nitrogen and oxygen atoms in total. The molecule has 1 heterocycles. The van der Waals surface area contributed by atoms with Gasteiger partial charge in [-0.2, -0.15) is 5.10 Å². The summed E-state index contributed by atoms with van der Waals surface area (Å²) in [6, 6.07) is 19.4. The molecule has 3 aromatic rings. The van der Waals surface area contributed by atoms with Crippen LogP contribution in [0.3, 0.4) is 0 Å². The first-order valence-electron chi connectivity index (χ1n) is 7.18. The summed E-state index contributed by atoms with van der Waals surface area (Å²) in [4.78, 5) is 0. The average Bonchev–Trinajstić information content (AvgIpc) is 3.04. The zero-order chi connectivity index (χ0) is 16.6. The van der Waals surface area contributed by atoms with Gasteiger partial charge in [-0.3, -0.25) is 5.43 Å². The van der Waals surface area contributed by atoms with Crippen LogP contribution in [0, 0.1) is 0 Å². The first kappa shape index (κ1) is 15.6. The maximum absolute atomic E-state index is 5.27. The standard InChI is InChI=1S/C16H15N7S/c24-16(19-14-9-5-2-6-10-14)22-23-12-18-21-15(23)20-17-11-13-7-3-1-4-8-13/h1-12H,(H,20,21)(H2,19,22,24). The second-order valence-electron chi connectivity index (χ2n) is 4.74. The fourth-order valence-electron chi connectivity index (χ4n) is 1.89. The summed E-state index contributed by atoms with van der Waals surface area (Å²) in [5, 5.41) is 15.4. The number of rotatable bonds is 5. The van der Waals surface area contributed by atoms with Crippen molar-refractivity contribution in [2.24, 2.45) is 5.10 Å². The van der Waals surface area contributed by atoms with E-state index < -0.39 is 0 Å². The number of hydrogen-bond donors (Lipinski definition) is 3. The lowest BCUT2D eigenvalue weighted by molar-refractivity contribution is 0.968. The summed E-state index contributed by atoms with van der Waals surface area (Å²) in [7, 11) is 0. The number of benzene rings is 2. The van der Waals surface area contributed by atoms with Crippen molar-refractivity contribution in [3.05, 3.63) is 72.6 Å². The molecule has 0 saturated carbocycles. The zero-order valence-electron chi connectivity index (χ0n) is 12.6. The Balaban J connectivity index is 1.59. The van der Waals surface area contributed by atoms with E-state index in [-0.39, 0.29) is 0 Å². The van der Waals surface area contributed by atoms with E-state index in [0.29, 0.717) is 11.1 Å². The van der Waals surface area contributed by atoms with Gasteiger partial charge in [-0.25, -0.2) is 10.1 Å². The maximum atomic E-state index is 5.27. The highest BCUT2D eigenvalue weighted by molar-refractivity contribution is 7.80. The summed E-state index contributed by atoms with van der Waals surface area (Å²) in [5.41, 5.74) is 7.65. The Labute approximate surface area is 144 Å². The molecule has 0 atom stereocenters. The minimum absolute atomic E-state index is 0.413. The first-order valence-corrected chi connectivity index (χ1v) is 7.59. The molecule has 0 aliphatic heterocycles. The second-order valence-corrected chi connectivity index (χ2v) is 5.15. The summed E-state index contributed by atoms with van der Waals surface area (Å²) in [5.74, 6) is 0.416. The van der Waals surface area contributed by atoms with Crippen LogP contribution >= 0.6 is 12.2 Å². The van der Waals surface area contributed by atoms with E-state index in [1.165, 1.54) is 6.33 Å². The Morgan fingerprint density at radius 2 is 1.75 bits per heavy atom. The van der Waals surface area contributed by atoms with Crippen LogP contribution in [0.5, 0.6) is 0 Å². The number of hydrazone groups is 1. The predicted molar refractivity (Wildman–Crippen MR) is 99.7 cm³/mol. The van der Waals surface area contributed by atoms with Crippen LogP contribution in [-0.2, 0) is 0 Å². The number of nitrogens with one attached hydrogen (secondary N) is 3. The van der Waals surface area contributed by atoms with Gasteiger partial charge < -0.3 is 5.32 Å². The highest BCUT2D eigenvalue weighted by atomic mass is 32.1. The van der Waals surface area contributed by atoms with Crippen LogP contribution in [-0.4, -0.2) is 26.2 Å². The van der Waals surface area contributed by atoms with Crippen molar-refractivity contribution < 1.29 is 0 Å². The van der Waals surface area contributed by atoms with Crippen molar-refractivity contribution in [1.29, 1.82) is 0 Å². The number of aromatic nitrogens is 3. The quantitative estimate of drug-likeness (QED) is 0.377. The van der Waals surface area contributed by atoms with Gasteiger partial charge in [0.25, 0.3) is 5.95 Å². The van der Waals surface area contributed by atoms with Crippen LogP contribution in [0.25, 0.3) is 0 Å². The Morgan fingerprint density at radius 3 is 2.50 bits per heavy atom. The molecule has 0 spiro atoms. The molecule has 3 rings (SSSR count). The van der Waals surface area contributed by atoms with Crippen molar-refractivity contribution >= 4 is 35.2 Å². The van der Waals surface area contributed by atoms with Crippen LogP contribution in [0.4, 0.5) is 11.6 Å². The summed E-state index contributed by atoms with van der Waals surface area (Å²) in [6.45, 7) is 0. The van der Waals surface area contributed by atoms with Gasteiger partial charge in [-0.1, -0.05) is 48.5 Å². The number of hydrogen-bond acceptors (Lipinski definition) is 5. The number of thiocarbonyl (C=S) groups is 1. The molecule has 0 unspecified atom stereocenters. The van der Waals surface area contributed by atoms with Crippen LogP contribution in [0.2, 0.25) is 0 Å². The minimum Gasteiger partial charge on any atom is -0.331 e. The van der Waals surface area contributed by atoms with E-state index in [1.807, 2.05) is 60.7 Å². The van der Waals surface area contributed by atoms with Crippen LogP contribution in [0.1, 0.15) is 5.56 Å². The largest absolute Gasteiger partial charge is 0.331 e. The number of para-hydroxylation sites is 1. The third-order valence-electron chi connectivity index (χ3n) is 2.98. The molecule has 24 heavy (non-hydrogen) atoms. The number of nitrogens with zero attached hydrogens (tertiary/aromatic N) is 4. The van der Waals surface area contributed by atoms with Gasteiger partial charge >= 0.3 is 0 Å². The molecule has 1 aromatic heterocycles. The average molecular weight is 337 g/mol. The molecule has 0 radical (unpaired) electrons. The van der Waals surface area contributed by atoms with E-state index in [0.717, 1.165) is 11.3 Å². The topological polar surface area (TPSA) is 79.2 Å². The monoisotopic (exact) mass is 337 g/mol. The molecule has 0 fully saturated rings. The van der Waals surface area contributed by atoms with Gasteiger partial charge in [0.1, 0.15) is 6.33 Å². The van der Waals surface area contributed by atoms with E-state index in [2.05, 4.69) is 31.5 Å². The van der Waals surface area contributed by atoms with E-state index in [9.17, 15) is 0 Å². The third-order valence-corrected chi connectivity index (χ3v) is 3.17. The molecule has 0 aliphatic rings. The Kier molecular flexibility index (Phi) is 5.10. The number of anilines is 2. The highest BCUT2D eigenvalue weighted by Crippen LogP contribution is 2.05. The summed E-state index contributed by atoms with van der Waals surface area (Å²) < 4.78 is 1.54. The molecule has 8 heteroatoms. The van der Waals surface area contributed by atoms with Crippen molar-refractivity contribution in [2.45, 2.75) is 0 Å². The zero-order valence-corrected chi connectivity index (χ0v) is 13.4. The molecule has 0 saturated heterocycles. The van der Waals surface area contributed by atoms with Gasteiger partial charge in [0.2, 0.25) is 0 Å². The van der Waals surface area contributed by atoms with E-state index >= 15 is 0 Å². The molecular formula is C16H15N7S. The van der Waals surface area contributed by atoms with E-state index in [4.69, 9.17) is 12.2 Å². The lowest BCUT2D eigenvalue weighted by Crippen LogP contribution is -2.27. The molecular weight excluding hydrogens is 322 g/mol. The van der Waals surface area contributed by atoms with Gasteiger partial charge in [0.05, 0.1) is 6.21 Å². The molecule has 0 aliphatic carbocycles. The SMILES string of the molecule is S=C(Nc1ccccc1)Nn1cnnc1NN=Cc1ccccc1. The van der Waals surface area contributed by atoms with Gasteiger partial charge in [0, 0.05) is 5.69 Å². The Morgan fingerprint density at radius 1 is 1.04 bits per heavy atom. The Bertz CT molecular complexity index is 815. The molecule has 0 amide bonds. The second kappa shape index (κ2) is 7.84. The fourth-order valence-corrected chi connectivity index (χ4v) is 2.10. The fraction of sp³-hybridized carbons (Fsp3) is 0. The first-order chi connectivity index (χ1) is 11.8. The lowest BCUT2D eigenvalue weighted by Gasteiger charge is -2.11. The van der Waals surface area contributed by atoms with Crippen molar-refractivity contribution in [3.8, 4) is 0 Å². The summed E-state index contributed by atoms with van der Waals surface area (Å²) >= 11 is 5.27. The Hall–Kier alpha value is -3.26. The van der Waals surface area contributed by atoms with Crippen molar-refractivity contribution in [1.82, 2.24) is 14.9 Å². The van der Waals surface area contributed by atoms with Crippen molar-refractivity contribution in [2.75, 3.05) is 16.2 Å². The molecule has 2 aromatic carbocycles. The van der Waals surface area contributed by atoms with Gasteiger partial charge in [0.15, 0.2) is 5.11 Å². The molecule has 0 bridgehead atoms.